The predicted molar refractivity (Wildman–Crippen MR) is 123 cm³/mol. The molecule has 2 fully saturated rings. The minimum atomic E-state index is -0.600. The Kier molecular flexibility index (Phi) is 5.01. The molecule has 6 rings (SSSR count). The number of hydrogen-bond donors (Lipinski definition) is 1. The van der Waals surface area contributed by atoms with E-state index in [1.807, 2.05) is 29.1 Å². The summed E-state index contributed by atoms with van der Waals surface area (Å²) in [6, 6.07) is 13.9. The molecule has 8 heteroatoms. The zero-order chi connectivity index (χ0) is 23.2. The Bertz CT molecular complexity index is 1310. The Hall–Kier alpha value is -3.81. The largest absolute Gasteiger partial charge is 0.322 e. The lowest BCUT2D eigenvalue weighted by Crippen LogP contribution is -2.52. The predicted octanol–water partition coefficient (Wildman–Crippen LogP) is 2.56. The minimum Gasteiger partial charge on any atom is -0.322 e. The van der Waals surface area contributed by atoms with Crippen LogP contribution < -0.4 is 5.32 Å². The van der Waals surface area contributed by atoms with Crippen LogP contribution in [0.3, 0.4) is 0 Å². The fourth-order valence-electron chi connectivity index (χ4n) is 4.99. The van der Waals surface area contributed by atoms with Gasteiger partial charge in [-0.3, -0.25) is 19.7 Å². The standard InChI is InChI=1S/C26H25N5O3/c32-24-9-8-23(25(33)27-24)31-14-20-11-17(4-7-22(20)26(31)34)13-30-15-21(28-29-30)12-16-2-1-3-19(10-16)18-5-6-18/h1-4,7,10-11,15,18,23H,5-6,8-9,12-14H2,(H,27,32,33). The maximum absolute atomic E-state index is 12.9. The van der Waals surface area contributed by atoms with E-state index in [-0.39, 0.29) is 18.2 Å². The van der Waals surface area contributed by atoms with Crippen molar-refractivity contribution in [2.75, 3.05) is 0 Å². The number of nitrogens with zero attached hydrogens (tertiary/aromatic N) is 4. The lowest BCUT2D eigenvalue weighted by molar-refractivity contribution is -0.136. The fraction of sp³-hybridized carbons (Fsp3) is 0.346. The van der Waals surface area contributed by atoms with Crippen LogP contribution in [0.15, 0.2) is 48.7 Å². The summed E-state index contributed by atoms with van der Waals surface area (Å²) in [5, 5.41) is 11.0. The molecule has 1 atom stereocenters. The number of imide groups is 1. The normalized spacial score (nSPS) is 19.9. The van der Waals surface area contributed by atoms with Crippen LogP contribution in [0.25, 0.3) is 0 Å². The van der Waals surface area contributed by atoms with Gasteiger partial charge in [-0.1, -0.05) is 41.6 Å². The van der Waals surface area contributed by atoms with Gasteiger partial charge in [0.05, 0.1) is 12.2 Å². The molecule has 3 aromatic rings. The van der Waals surface area contributed by atoms with Crippen molar-refractivity contribution < 1.29 is 14.4 Å². The second kappa shape index (κ2) is 8.20. The number of hydrogen-bond acceptors (Lipinski definition) is 5. The second-order valence-corrected chi connectivity index (χ2v) is 9.49. The Labute approximate surface area is 196 Å². The maximum Gasteiger partial charge on any atom is 0.255 e. The zero-order valence-electron chi connectivity index (χ0n) is 18.7. The van der Waals surface area contributed by atoms with E-state index in [9.17, 15) is 14.4 Å². The van der Waals surface area contributed by atoms with E-state index in [0.717, 1.165) is 29.2 Å². The molecule has 0 bridgehead atoms. The number of amides is 3. The Morgan fingerprint density at radius 1 is 1.00 bits per heavy atom. The number of rotatable bonds is 6. The number of nitrogens with one attached hydrogen (secondary N) is 1. The van der Waals surface area contributed by atoms with Gasteiger partial charge in [0.25, 0.3) is 5.91 Å². The van der Waals surface area contributed by atoms with E-state index < -0.39 is 11.9 Å². The van der Waals surface area contributed by atoms with E-state index in [0.29, 0.717) is 25.1 Å². The molecule has 34 heavy (non-hydrogen) atoms. The van der Waals surface area contributed by atoms with Crippen LogP contribution in [0.4, 0.5) is 0 Å². The van der Waals surface area contributed by atoms with E-state index in [2.05, 4.69) is 39.9 Å². The van der Waals surface area contributed by atoms with Crippen LogP contribution >= 0.6 is 0 Å². The summed E-state index contributed by atoms with van der Waals surface area (Å²) in [5.74, 6) is -0.105. The monoisotopic (exact) mass is 455 g/mol. The van der Waals surface area contributed by atoms with Crippen LogP contribution in [0.5, 0.6) is 0 Å². The van der Waals surface area contributed by atoms with Gasteiger partial charge in [0.2, 0.25) is 11.8 Å². The molecular weight excluding hydrogens is 430 g/mol. The molecule has 0 spiro atoms. The first-order valence-corrected chi connectivity index (χ1v) is 11.8. The first-order chi connectivity index (χ1) is 16.5. The summed E-state index contributed by atoms with van der Waals surface area (Å²) < 4.78 is 1.82. The first kappa shape index (κ1) is 20.8. The summed E-state index contributed by atoms with van der Waals surface area (Å²) in [6.45, 7) is 0.920. The van der Waals surface area contributed by atoms with Crippen molar-refractivity contribution in [1.82, 2.24) is 25.2 Å². The Morgan fingerprint density at radius 3 is 2.71 bits per heavy atom. The molecule has 1 unspecified atom stereocenters. The van der Waals surface area contributed by atoms with Crippen molar-refractivity contribution in [3.63, 3.8) is 0 Å². The molecule has 3 aliphatic rings. The van der Waals surface area contributed by atoms with Crippen molar-refractivity contribution in [2.45, 2.75) is 57.2 Å². The third kappa shape index (κ3) is 4.00. The Balaban J connectivity index is 1.13. The summed E-state index contributed by atoms with van der Waals surface area (Å²) in [4.78, 5) is 38.1. The summed E-state index contributed by atoms with van der Waals surface area (Å²) in [5.41, 5.74) is 6.12. The average Bonchev–Trinajstić information content (AvgIpc) is 3.51. The number of fused-ring (bicyclic) bond motifs is 1. The number of piperidine rings is 1. The third-order valence-corrected chi connectivity index (χ3v) is 6.90. The number of benzene rings is 2. The van der Waals surface area contributed by atoms with Gasteiger partial charge in [-0.05, 0) is 53.5 Å². The van der Waals surface area contributed by atoms with E-state index in [1.54, 1.807) is 4.90 Å². The topological polar surface area (TPSA) is 97.2 Å². The highest BCUT2D eigenvalue weighted by atomic mass is 16.2. The van der Waals surface area contributed by atoms with Gasteiger partial charge in [-0.25, -0.2) is 4.68 Å². The second-order valence-electron chi connectivity index (χ2n) is 9.49. The molecule has 1 saturated heterocycles. The van der Waals surface area contributed by atoms with Gasteiger partial charge in [-0.2, -0.15) is 0 Å². The Morgan fingerprint density at radius 2 is 1.88 bits per heavy atom. The first-order valence-electron chi connectivity index (χ1n) is 11.8. The van der Waals surface area contributed by atoms with Gasteiger partial charge >= 0.3 is 0 Å². The lowest BCUT2D eigenvalue weighted by atomic mass is 10.0. The van der Waals surface area contributed by atoms with E-state index in [1.165, 1.54) is 24.0 Å². The molecule has 0 radical (unpaired) electrons. The highest BCUT2D eigenvalue weighted by molar-refractivity contribution is 6.05. The van der Waals surface area contributed by atoms with Crippen molar-refractivity contribution >= 4 is 17.7 Å². The SMILES string of the molecule is O=C1CCC(N2Cc3cc(Cn4cc(Cc5cccc(C6CC6)c5)nn4)ccc3C2=O)C(=O)N1. The smallest absolute Gasteiger partial charge is 0.255 e. The van der Waals surface area contributed by atoms with Crippen LogP contribution in [0.2, 0.25) is 0 Å². The minimum absolute atomic E-state index is 0.160. The van der Waals surface area contributed by atoms with Gasteiger partial charge in [0.1, 0.15) is 6.04 Å². The molecule has 2 aliphatic heterocycles. The van der Waals surface area contributed by atoms with E-state index in [4.69, 9.17) is 0 Å². The van der Waals surface area contributed by atoms with Crippen LogP contribution in [-0.2, 0) is 29.1 Å². The maximum atomic E-state index is 12.9. The molecule has 3 amide bonds. The lowest BCUT2D eigenvalue weighted by Gasteiger charge is -2.29. The number of aromatic nitrogens is 3. The van der Waals surface area contributed by atoms with Crippen LogP contribution in [0.1, 0.15) is 69.9 Å². The van der Waals surface area contributed by atoms with Crippen LogP contribution in [0, 0.1) is 0 Å². The summed E-state index contributed by atoms with van der Waals surface area (Å²) in [7, 11) is 0. The highest BCUT2D eigenvalue weighted by Gasteiger charge is 2.39. The number of carbonyl (C=O) groups is 3. The molecule has 1 saturated carbocycles. The highest BCUT2D eigenvalue weighted by Crippen LogP contribution is 2.40. The third-order valence-electron chi connectivity index (χ3n) is 6.90. The van der Waals surface area contributed by atoms with Crippen molar-refractivity contribution in [2.24, 2.45) is 0 Å². The molecule has 1 aromatic heterocycles. The molecule has 1 aliphatic carbocycles. The molecular formula is C26H25N5O3. The molecule has 8 nitrogen and oxygen atoms in total. The molecule has 2 aromatic carbocycles. The summed E-state index contributed by atoms with van der Waals surface area (Å²) >= 11 is 0. The molecule has 172 valence electrons. The van der Waals surface area contributed by atoms with Gasteiger partial charge in [0, 0.05) is 31.1 Å². The molecule has 1 N–H and O–H groups in total. The van der Waals surface area contributed by atoms with E-state index >= 15 is 0 Å². The fourth-order valence-corrected chi connectivity index (χ4v) is 4.99. The summed E-state index contributed by atoms with van der Waals surface area (Å²) in [6.07, 6.45) is 5.91. The van der Waals surface area contributed by atoms with Gasteiger partial charge in [0.15, 0.2) is 0 Å². The van der Waals surface area contributed by atoms with Crippen molar-refractivity contribution in [3.05, 3.63) is 82.2 Å². The van der Waals surface area contributed by atoms with Gasteiger partial charge < -0.3 is 4.90 Å². The zero-order valence-corrected chi connectivity index (χ0v) is 18.7. The van der Waals surface area contributed by atoms with Crippen molar-refractivity contribution in [3.8, 4) is 0 Å². The van der Waals surface area contributed by atoms with Crippen molar-refractivity contribution in [1.29, 1.82) is 0 Å². The van der Waals surface area contributed by atoms with Gasteiger partial charge in [-0.15, -0.1) is 5.10 Å². The molecule has 3 heterocycles. The quantitative estimate of drug-likeness (QED) is 0.576. The average molecular weight is 456 g/mol. The van der Waals surface area contributed by atoms with Crippen LogP contribution in [-0.4, -0.2) is 43.7 Å². The number of carbonyl (C=O) groups excluding carboxylic acids is 3.